The summed E-state index contributed by atoms with van der Waals surface area (Å²) in [7, 11) is 0. The molecule has 1 saturated heterocycles. The molecule has 2 nitrogen and oxygen atoms in total. The van der Waals surface area contributed by atoms with Crippen LogP contribution in [0.25, 0.3) is 0 Å². The third-order valence-electron chi connectivity index (χ3n) is 2.63. The summed E-state index contributed by atoms with van der Waals surface area (Å²) < 4.78 is 1.30. The van der Waals surface area contributed by atoms with Gasteiger partial charge in [0.2, 0.25) is 0 Å². The zero-order chi connectivity index (χ0) is 11.1. The molecule has 1 heterocycles. The molecule has 0 aromatic carbocycles. The first-order valence-electron chi connectivity index (χ1n) is 5.23. The van der Waals surface area contributed by atoms with Crippen LogP contribution in [0.2, 0.25) is 0 Å². The Morgan fingerprint density at radius 2 is 1.14 bits per heavy atom. The summed E-state index contributed by atoms with van der Waals surface area (Å²) in [5.74, 6) is 0. The molecule has 0 saturated carbocycles. The van der Waals surface area contributed by atoms with E-state index in [0.29, 0.717) is 0 Å². The van der Waals surface area contributed by atoms with Crippen LogP contribution in [0.5, 0.6) is 0 Å². The Labute approximate surface area is 96.0 Å². The van der Waals surface area contributed by atoms with E-state index in [2.05, 4.69) is 66.9 Å². The minimum atomic E-state index is 0.223. The maximum atomic E-state index is 3.22. The van der Waals surface area contributed by atoms with E-state index in [0.717, 1.165) is 13.1 Å². The van der Waals surface area contributed by atoms with Crippen molar-refractivity contribution in [1.82, 2.24) is 9.80 Å². The summed E-state index contributed by atoms with van der Waals surface area (Å²) in [6, 6.07) is 0. The van der Waals surface area contributed by atoms with Crippen LogP contribution in [0.1, 0.15) is 41.5 Å². The molecule has 0 unspecified atom stereocenters. The second-order valence-electron chi connectivity index (χ2n) is 5.93. The summed E-state index contributed by atoms with van der Waals surface area (Å²) >= 11 is 3.22. The normalized spacial score (nSPS) is 19.4. The van der Waals surface area contributed by atoms with E-state index in [1.54, 1.807) is 0 Å². The van der Waals surface area contributed by atoms with Gasteiger partial charge in [0.25, 0.3) is 0 Å². The molecule has 0 N–H and O–H groups in total. The maximum absolute atomic E-state index is 3.22. The van der Waals surface area contributed by atoms with Crippen molar-refractivity contribution >= 4 is 20.2 Å². The Bertz CT molecular complexity index is 211. The third-order valence-corrected chi connectivity index (χ3v) is 3.55. The second kappa shape index (κ2) is 3.53. The Morgan fingerprint density at radius 1 is 0.857 bits per heavy atom. The van der Waals surface area contributed by atoms with Crippen molar-refractivity contribution in [2.45, 2.75) is 52.6 Å². The van der Waals surface area contributed by atoms with E-state index < -0.39 is 0 Å². The molecule has 0 aromatic rings. The van der Waals surface area contributed by atoms with Crippen molar-refractivity contribution < 1.29 is 0 Å². The molecular formula is C11H22N2Se. The molecule has 0 aromatic heterocycles. The molecule has 1 aliphatic heterocycles. The van der Waals surface area contributed by atoms with E-state index in [4.69, 9.17) is 0 Å². The average molecular weight is 261 g/mol. The van der Waals surface area contributed by atoms with Gasteiger partial charge < -0.3 is 0 Å². The standard InChI is InChI=1S/C11H22N2Se/c1-10(2,3)12-7-8-13(9(12)14)11(4,5)6/h7-8H2,1-6H3. The van der Waals surface area contributed by atoms with Gasteiger partial charge in [-0.15, -0.1) is 0 Å². The van der Waals surface area contributed by atoms with E-state index >= 15 is 0 Å². The van der Waals surface area contributed by atoms with E-state index in [1.807, 2.05) is 0 Å². The van der Waals surface area contributed by atoms with Gasteiger partial charge in [0.15, 0.2) is 0 Å². The van der Waals surface area contributed by atoms with Gasteiger partial charge in [-0.3, -0.25) is 0 Å². The fourth-order valence-corrected chi connectivity index (χ4v) is 3.31. The zero-order valence-corrected chi connectivity index (χ0v) is 11.9. The van der Waals surface area contributed by atoms with E-state index in [1.165, 1.54) is 4.67 Å². The summed E-state index contributed by atoms with van der Waals surface area (Å²) in [6.07, 6.45) is 0. The molecule has 1 aliphatic rings. The monoisotopic (exact) mass is 262 g/mol. The predicted molar refractivity (Wildman–Crippen MR) is 63.7 cm³/mol. The van der Waals surface area contributed by atoms with Crippen molar-refractivity contribution in [2.24, 2.45) is 0 Å². The second-order valence-corrected chi connectivity index (χ2v) is 6.69. The Balaban J connectivity index is 2.80. The molecule has 1 fully saturated rings. The van der Waals surface area contributed by atoms with Crippen LogP contribution in [0.3, 0.4) is 0 Å². The van der Waals surface area contributed by atoms with Crippen LogP contribution < -0.4 is 0 Å². The Morgan fingerprint density at radius 3 is 1.29 bits per heavy atom. The molecular weight excluding hydrogens is 239 g/mol. The first-order valence-corrected chi connectivity index (χ1v) is 6.09. The van der Waals surface area contributed by atoms with Crippen molar-refractivity contribution in [3.8, 4) is 0 Å². The molecule has 1 rings (SSSR count). The molecule has 0 aliphatic carbocycles. The number of nitrogens with zero attached hydrogens (tertiary/aromatic N) is 2. The van der Waals surface area contributed by atoms with Crippen LogP contribution in [-0.2, 0) is 0 Å². The van der Waals surface area contributed by atoms with Crippen molar-refractivity contribution in [2.75, 3.05) is 13.1 Å². The van der Waals surface area contributed by atoms with Gasteiger partial charge in [0, 0.05) is 0 Å². The molecule has 0 spiro atoms. The Hall–Kier alpha value is -0.0105. The van der Waals surface area contributed by atoms with E-state index in [-0.39, 0.29) is 11.1 Å². The van der Waals surface area contributed by atoms with Gasteiger partial charge in [-0.2, -0.15) is 0 Å². The predicted octanol–water partition coefficient (Wildman–Crippen LogP) is 1.46. The zero-order valence-electron chi connectivity index (χ0n) is 10.2. The SMILES string of the molecule is CC(C)(C)N1CCN(C(C)(C)C)C1=[Se]. The van der Waals surface area contributed by atoms with Crippen LogP contribution in [0.15, 0.2) is 0 Å². The number of hydrogen-bond acceptors (Lipinski definition) is 2. The number of rotatable bonds is 0. The van der Waals surface area contributed by atoms with Gasteiger partial charge in [0.05, 0.1) is 0 Å². The van der Waals surface area contributed by atoms with Gasteiger partial charge in [-0.1, -0.05) is 0 Å². The molecule has 82 valence electrons. The fourth-order valence-electron chi connectivity index (χ4n) is 1.78. The Kier molecular flexibility index (Phi) is 3.04. The van der Waals surface area contributed by atoms with Gasteiger partial charge in [-0.25, -0.2) is 0 Å². The fraction of sp³-hybridized carbons (Fsp3) is 0.909. The molecule has 0 atom stereocenters. The van der Waals surface area contributed by atoms with Crippen LogP contribution in [0, 0.1) is 0 Å². The van der Waals surface area contributed by atoms with Crippen LogP contribution >= 0.6 is 0 Å². The summed E-state index contributed by atoms with van der Waals surface area (Å²) in [5, 5.41) is 0. The summed E-state index contributed by atoms with van der Waals surface area (Å²) in [6.45, 7) is 15.8. The number of hydrogen-bond donors (Lipinski definition) is 0. The summed E-state index contributed by atoms with van der Waals surface area (Å²) in [4.78, 5) is 4.89. The summed E-state index contributed by atoms with van der Waals surface area (Å²) in [5.41, 5.74) is 0.446. The van der Waals surface area contributed by atoms with E-state index in [9.17, 15) is 0 Å². The van der Waals surface area contributed by atoms with Crippen LogP contribution in [0.4, 0.5) is 0 Å². The quantitative estimate of drug-likeness (QED) is 0.609. The van der Waals surface area contributed by atoms with Crippen molar-refractivity contribution in [3.63, 3.8) is 0 Å². The molecule has 14 heavy (non-hydrogen) atoms. The first-order chi connectivity index (χ1) is 6.14. The van der Waals surface area contributed by atoms with Crippen molar-refractivity contribution in [1.29, 1.82) is 0 Å². The molecule has 3 heteroatoms. The van der Waals surface area contributed by atoms with Gasteiger partial charge >= 0.3 is 95.8 Å². The first kappa shape index (κ1) is 12.1. The average Bonchev–Trinajstić information content (AvgIpc) is 2.26. The molecule has 0 bridgehead atoms. The minimum absolute atomic E-state index is 0.223. The molecule has 0 amide bonds. The molecule has 0 radical (unpaired) electrons. The topological polar surface area (TPSA) is 6.48 Å². The van der Waals surface area contributed by atoms with Crippen LogP contribution in [-0.4, -0.2) is 54.2 Å². The van der Waals surface area contributed by atoms with Gasteiger partial charge in [-0.05, 0) is 0 Å². The third kappa shape index (κ3) is 2.32. The van der Waals surface area contributed by atoms with Gasteiger partial charge in [0.1, 0.15) is 0 Å². The van der Waals surface area contributed by atoms with Crippen molar-refractivity contribution in [3.05, 3.63) is 0 Å².